The second-order valence-corrected chi connectivity index (χ2v) is 8.86. The molecule has 2 bridgehead atoms. The summed E-state index contributed by atoms with van der Waals surface area (Å²) in [4.78, 5) is 20.2. The van der Waals surface area contributed by atoms with E-state index < -0.39 is 0 Å². The highest BCUT2D eigenvalue weighted by molar-refractivity contribution is 5.90. The number of aryl methyl sites for hydroxylation is 1. The molecule has 3 fully saturated rings. The van der Waals surface area contributed by atoms with Crippen LogP contribution in [0.2, 0.25) is 0 Å². The van der Waals surface area contributed by atoms with Gasteiger partial charge in [-0.2, -0.15) is 0 Å². The van der Waals surface area contributed by atoms with Crippen LogP contribution in [0, 0.1) is 18.8 Å². The topological polar surface area (TPSA) is 42.4 Å². The number of nitrogens with zero attached hydrogens (tertiary/aromatic N) is 2. The smallest absolute Gasteiger partial charge is 0.338 e. The van der Waals surface area contributed by atoms with Crippen molar-refractivity contribution in [2.45, 2.75) is 31.9 Å². The molecule has 2 aromatic carbocycles. The van der Waals surface area contributed by atoms with Gasteiger partial charge in [0.15, 0.2) is 0 Å². The highest BCUT2D eigenvalue weighted by Gasteiger charge is 2.44. The van der Waals surface area contributed by atoms with Crippen LogP contribution in [0.4, 0.5) is 0 Å². The number of carbonyl (C=O) groups excluding carboxylic acids is 1. The maximum absolute atomic E-state index is 13.2. The number of carbonyl (C=O) groups is 1. The van der Waals surface area contributed by atoms with Gasteiger partial charge >= 0.3 is 5.97 Å². The van der Waals surface area contributed by atoms with Crippen molar-refractivity contribution in [1.82, 2.24) is 9.88 Å². The molecule has 3 aliphatic heterocycles. The summed E-state index contributed by atoms with van der Waals surface area (Å²) < 4.78 is 6.30. The fourth-order valence-corrected chi connectivity index (χ4v) is 5.28. The molecule has 0 radical (unpaired) electrons. The van der Waals surface area contributed by atoms with Gasteiger partial charge in [0, 0.05) is 23.7 Å². The summed E-state index contributed by atoms with van der Waals surface area (Å²) in [6.07, 6.45) is 5.78. The minimum absolute atomic E-state index is 0.162. The molecule has 1 unspecified atom stereocenters. The van der Waals surface area contributed by atoms with Crippen LogP contribution in [0.3, 0.4) is 0 Å². The van der Waals surface area contributed by atoms with E-state index in [-0.39, 0.29) is 18.1 Å². The Morgan fingerprint density at radius 3 is 2.74 bits per heavy atom. The zero-order valence-electron chi connectivity index (χ0n) is 17.9. The van der Waals surface area contributed by atoms with Gasteiger partial charge in [0.2, 0.25) is 0 Å². The molecule has 4 heterocycles. The van der Waals surface area contributed by atoms with E-state index in [2.05, 4.69) is 28.6 Å². The van der Waals surface area contributed by atoms with E-state index in [4.69, 9.17) is 4.74 Å². The van der Waals surface area contributed by atoms with E-state index in [1.807, 2.05) is 61.7 Å². The van der Waals surface area contributed by atoms with Crippen LogP contribution >= 0.6 is 0 Å². The lowest BCUT2D eigenvalue weighted by molar-refractivity contribution is -0.0568. The predicted molar refractivity (Wildman–Crippen MR) is 123 cm³/mol. The molecule has 0 N–H and O–H groups in total. The lowest BCUT2D eigenvalue weighted by Crippen LogP contribution is -2.55. The van der Waals surface area contributed by atoms with E-state index in [1.165, 1.54) is 6.42 Å². The van der Waals surface area contributed by atoms with Crippen LogP contribution in [0.5, 0.6) is 0 Å². The van der Waals surface area contributed by atoms with E-state index in [0.717, 1.165) is 41.5 Å². The predicted octanol–water partition coefficient (Wildman–Crippen LogP) is 5.34. The van der Waals surface area contributed by atoms with E-state index in [1.54, 1.807) is 0 Å². The third-order valence-electron chi connectivity index (χ3n) is 7.01. The zero-order chi connectivity index (χ0) is 21.4. The van der Waals surface area contributed by atoms with Gasteiger partial charge in [-0.3, -0.25) is 9.88 Å². The van der Waals surface area contributed by atoms with Crippen molar-refractivity contribution >= 4 is 16.9 Å². The fraction of sp³-hybridized carbons (Fsp3) is 0.333. The molecule has 158 valence electrons. The number of piperidine rings is 3. The minimum atomic E-state index is -0.338. The standard InChI is InChI=1S/C27H28N2O2/c1-3-19-17-29-15-13-21(19)16-25(29)26(31-27(30)20-10-8-18(2)9-11-20)23-12-14-28-24-7-5-4-6-22(23)24/h3-12,14,19,21,25-26H,1,13,15-17H2,2H3/t19-,21-,25-,26+/m0/s1. The number of benzene rings is 2. The number of hydrogen-bond acceptors (Lipinski definition) is 4. The molecule has 0 amide bonds. The number of aromatic nitrogens is 1. The van der Waals surface area contributed by atoms with E-state index >= 15 is 0 Å². The van der Waals surface area contributed by atoms with Crippen molar-refractivity contribution in [2.75, 3.05) is 13.1 Å². The number of esters is 1. The van der Waals surface area contributed by atoms with Crippen LogP contribution in [-0.2, 0) is 4.74 Å². The Morgan fingerprint density at radius 2 is 2.00 bits per heavy atom. The maximum Gasteiger partial charge on any atom is 0.338 e. The monoisotopic (exact) mass is 412 g/mol. The number of ether oxygens (including phenoxy) is 1. The SMILES string of the molecule is C=C[C@H]1CN2CC[C@H]1C[C@H]2[C@H](OC(=O)c1ccc(C)cc1)c1ccnc2ccccc12. The highest BCUT2D eigenvalue weighted by atomic mass is 16.5. The molecule has 0 saturated carbocycles. The molecular formula is C27H28N2O2. The number of hydrogen-bond donors (Lipinski definition) is 0. The van der Waals surface area contributed by atoms with Gasteiger partial charge in [0.05, 0.1) is 17.1 Å². The van der Waals surface area contributed by atoms with Crippen molar-refractivity contribution in [2.24, 2.45) is 11.8 Å². The molecule has 6 rings (SSSR count). The molecule has 4 nitrogen and oxygen atoms in total. The van der Waals surface area contributed by atoms with Gasteiger partial charge < -0.3 is 4.74 Å². The average molecular weight is 413 g/mol. The molecule has 3 aromatic rings. The van der Waals surface area contributed by atoms with Gasteiger partial charge in [-0.15, -0.1) is 6.58 Å². The summed E-state index contributed by atoms with van der Waals surface area (Å²) in [6, 6.07) is 17.9. The summed E-state index contributed by atoms with van der Waals surface area (Å²) in [5, 5.41) is 1.05. The first-order valence-electron chi connectivity index (χ1n) is 11.1. The van der Waals surface area contributed by atoms with E-state index in [9.17, 15) is 4.79 Å². The Labute approximate surface area is 183 Å². The summed E-state index contributed by atoms with van der Waals surface area (Å²) in [7, 11) is 0. The maximum atomic E-state index is 13.2. The van der Waals surface area contributed by atoms with Crippen molar-refractivity contribution in [3.8, 4) is 0 Å². The van der Waals surface area contributed by atoms with Crippen molar-refractivity contribution in [3.63, 3.8) is 0 Å². The lowest BCUT2D eigenvalue weighted by Gasteiger charge is -2.51. The summed E-state index contributed by atoms with van der Waals surface area (Å²) in [5.41, 5.74) is 3.68. The fourth-order valence-electron chi connectivity index (χ4n) is 5.28. The molecule has 31 heavy (non-hydrogen) atoms. The second kappa shape index (κ2) is 8.27. The van der Waals surface area contributed by atoms with Gasteiger partial charge in [0.25, 0.3) is 0 Å². The van der Waals surface area contributed by atoms with Crippen LogP contribution in [-0.4, -0.2) is 35.0 Å². The number of pyridine rings is 1. The van der Waals surface area contributed by atoms with Gasteiger partial charge in [-0.25, -0.2) is 4.79 Å². The Kier molecular flexibility index (Phi) is 5.33. The van der Waals surface area contributed by atoms with Gasteiger partial charge in [0.1, 0.15) is 6.10 Å². The van der Waals surface area contributed by atoms with Gasteiger partial charge in [-0.1, -0.05) is 42.0 Å². The Balaban J connectivity index is 1.53. The van der Waals surface area contributed by atoms with Gasteiger partial charge in [-0.05, 0) is 62.4 Å². The first kappa shape index (κ1) is 20.0. The van der Waals surface area contributed by atoms with E-state index in [0.29, 0.717) is 17.4 Å². The van der Waals surface area contributed by atoms with Crippen molar-refractivity contribution < 1.29 is 9.53 Å². The molecule has 5 atom stereocenters. The third kappa shape index (κ3) is 3.77. The first-order chi connectivity index (χ1) is 15.1. The number of fused-ring (bicyclic) bond motifs is 4. The van der Waals surface area contributed by atoms with Crippen LogP contribution < -0.4 is 0 Å². The molecule has 4 heteroatoms. The molecule has 3 aliphatic rings. The van der Waals surface area contributed by atoms with Crippen molar-refractivity contribution in [1.29, 1.82) is 0 Å². The number of para-hydroxylation sites is 1. The average Bonchev–Trinajstić information content (AvgIpc) is 2.82. The molecule has 0 spiro atoms. The third-order valence-corrected chi connectivity index (χ3v) is 7.01. The Bertz CT molecular complexity index is 1100. The normalized spacial score (nSPS) is 25.8. The zero-order valence-corrected chi connectivity index (χ0v) is 17.9. The lowest BCUT2D eigenvalue weighted by atomic mass is 9.73. The molecule has 3 saturated heterocycles. The Hall–Kier alpha value is -2.98. The molecular weight excluding hydrogens is 384 g/mol. The quantitative estimate of drug-likeness (QED) is 0.419. The van der Waals surface area contributed by atoms with Crippen LogP contribution in [0.25, 0.3) is 10.9 Å². The summed E-state index contributed by atoms with van der Waals surface area (Å²) in [6.45, 7) is 8.09. The summed E-state index contributed by atoms with van der Waals surface area (Å²) in [5.74, 6) is 0.850. The Morgan fingerprint density at radius 1 is 1.19 bits per heavy atom. The van der Waals surface area contributed by atoms with Crippen LogP contribution in [0.1, 0.15) is 40.4 Å². The second-order valence-electron chi connectivity index (χ2n) is 8.86. The highest BCUT2D eigenvalue weighted by Crippen LogP contribution is 2.43. The molecule has 0 aliphatic carbocycles. The molecule has 1 aromatic heterocycles. The summed E-state index contributed by atoms with van der Waals surface area (Å²) >= 11 is 0. The number of rotatable bonds is 5. The minimum Gasteiger partial charge on any atom is -0.452 e. The van der Waals surface area contributed by atoms with Crippen molar-refractivity contribution in [3.05, 3.63) is 90.1 Å². The van der Waals surface area contributed by atoms with Crippen LogP contribution in [0.15, 0.2) is 73.4 Å². The first-order valence-corrected chi connectivity index (χ1v) is 11.1. The largest absolute Gasteiger partial charge is 0.452 e.